The fourth-order valence-electron chi connectivity index (χ4n) is 1.96. The third kappa shape index (κ3) is 2.55. The molecule has 0 aromatic heterocycles. The Bertz CT molecular complexity index is 347. The van der Waals surface area contributed by atoms with Gasteiger partial charge in [0.05, 0.1) is 0 Å². The normalized spacial score (nSPS) is 21.9. The molecule has 0 bridgehead atoms. The van der Waals surface area contributed by atoms with Gasteiger partial charge in [-0.2, -0.15) is 0 Å². The van der Waals surface area contributed by atoms with E-state index in [9.17, 15) is 9.18 Å². The van der Waals surface area contributed by atoms with Crippen molar-refractivity contribution in [2.75, 3.05) is 6.54 Å². The molecular formula is C12H14FNO. The Hall–Kier alpha value is -1.38. The zero-order valence-electron chi connectivity index (χ0n) is 8.50. The maximum Gasteiger partial charge on any atom is 0.220 e. The van der Waals surface area contributed by atoms with Crippen LogP contribution in [-0.2, 0) is 4.79 Å². The molecule has 1 aliphatic rings. The van der Waals surface area contributed by atoms with Crippen LogP contribution in [-0.4, -0.2) is 12.5 Å². The Morgan fingerprint density at radius 2 is 2.00 bits per heavy atom. The van der Waals surface area contributed by atoms with Crippen LogP contribution in [0.3, 0.4) is 0 Å². The van der Waals surface area contributed by atoms with Crippen LogP contribution < -0.4 is 5.32 Å². The molecule has 2 rings (SSSR count). The Kier molecular flexibility index (Phi) is 2.99. The van der Waals surface area contributed by atoms with Gasteiger partial charge in [0.25, 0.3) is 0 Å². The first-order valence-electron chi connectivity index (χ1n) is 5.28. The first-order valence-corrected chi connectivity index (χ1v) is 5.28. The van der Waals surface area contributed by atoms with Gasteiger partial charge >= 0.3 is 0 Å². The summed E-state index contributed by atoms with van der Waals surface area (Å²) in [5.74, 6) is 0.244. The summed E-state index contributed by atoms with van der Waals surface area (Å²) in [4.78, 5) is 11.1. The Labute approximate surface area is 88.5 Å². The third-order valence-corrected chi connectivity index (χ3v) is 2.84. The number of carbonyl (C=O) groups excluding carboxylic acids is 1. The second-order valence-corrected chi connectivity index (χ2v) is 3.94. The average molecular weight is 207 g/mol. The number of carbonyl (C=O) groups is 1. The minimum atomic E-state index is -0.212. The van der Waals surface area contributed by atoms with Crippen LogP contribution in [0.15, 0.2) is 24.3 Å². The van der Waals surface area contributed by atoms with Crippen LogP contribution >= 0.6 is 0 Å². The fourth-order valence-corrected chi connectivity index (χ4v) is 1.96. The van der Waals surface area contributed by atoms with Gasteiger partial charge in [-0.25, -0.2) is 4.39 Å². The van der Waals surface area contributed by atoms with Gasteiger partial charge in [0.15, 0.2) is 0 Å². The first kappa shape index (κ1) is 10.1. The van der Waals surface area contributed by atoms with Crippen molar-refractivity contribution < 1.29 is 9.18 Å². The predicted molar refractivity (Wildman–Crippen MR) is 56.0 cm³/mol. The molecule has 0 saturated carbocycles. The average Bonchev–Trinajstić information content (AvgIpc) is 2.44. The number of amides is 1. The second kappa shape index (κ2) is 4.43. The van der Waals surface area contributed by atoms with E-state index in [-0.39, 0.29) is 11.7 Å². The van der Waals surface area contributed by atoms with E-state index in [4.69, 9.17) is 0 Å². The summed E-state index contributed by atoms with van der Waals surface area (Å²) >= 11 is 0. The summed E-state index contributed by atoms with van der Waals surface area (Å²) in [6.45, 7) is 0.671. The maximum atomic E-state index is 12.7. The van der Waals surface area contributed by atoms with E-state index in [2.05, 4.69) is 5.32 Å². The van der Waals surface area contributed by atoms with Crippen molar-refractivity contribution in [1.82, 2.24) is 5.32 Å². The summed E-state index contributed by atoms with van der Waals surface area (Å²) < 4.78 is 12.7. The molecule has 1 aromatic carbocycles. The number of nitrogens with one attached hydrogen (secondary N) is 1. The van der Waals surface area contributed by atoms with Crippen molar-refractivity contribution in [3.63, 3.8) is 0 Å². The lowest BCUT2D eigenvalue weighted by Crippen LogP contribution is -2.24. The Morgan fingerprint density at radius 1 is 1.27 bits per heavy atom. The lowest BCUT2D eigenvalue weighted by atomic mass is 9.95. The molecule has 0 radical (unpaired) electrons. The first-order chi connectivity index (χ1) is 7.25. The smallest absolute Gasteiger partial charge is 0.220 e. The second-order valence-electron chi connectivity index (χ2n) is 3.94. The number of rotatable bonds is 1. The number of halogens is 1. The van der Waals surface area contributed by atoms with Gasteiger partial charge in [-0.3, -0.25) is 4.79 Å². The number of benzene rings is 1. The van der Waals surface area contributed by atoms with E-state index in [1.165, 1.54) is 12.1 Å². The minimum Gasteiger partial charge on any atom is -0.355 e. The molecule has 1 aliphatic heterocycles. The lowest BCUT2D eigenvalue weighted by molar-refractivity contribution is -0.120. The van der Waals surface area contributed by atoms with E-state index in [1.807, 2.05) is 0 Å². The molecule has 3 heteroatoms. The topological polar surface area (TPSA) is 29.1 Å². The van der Waals surface area contributed by atoms with Crippen LogP contribution in [0.2, 0.25) is 0 Å². The van der Waals surface area contributed by atoms with Gasteiger partial charge in [-0.15, -0.1) is 0 Å². The van der Waals surface area contributed by atoms with Gasteiger partial charge in [-0.1, -0.05) is 12.1 Å². The molecule has 80 valence electrons. The molecule has 0 aliphatic carbocycles. The van der Waals surface area contributed by atoms with E-state index >= 15 is 0 Å². The molecule has 1 amide bonds. The zero-order valence-corrected chi connectivity index (χ0v) is 8.50. The Morgan fingerprint density at radius 3 is 2.73 bits per heavy atom. The van der Waals surface area contributed by atoms with Crippen molar-refractivity contribution in [2.24, 2.45) is 0 Å². The van der Waals surface area contributed by atoms with E-state index in [0.717, 1.165) is 18.4 Å². The van der Waals surface area contributed by atoms with Crippen LogP contribution in [0, 0.1) is 5.82 Å². The molecule has 0 unspecified atom stereocenters. The predicted octanol–water partition coefficient (Wildman–Crippen LogP) is 2.21. The summed E-state index contributed by atoms with van der Waals surface area (Å²) in [5.41, 5.74) is 1.11. The van der Waals surface area contributed by atoms with Crippen molar-refractivity contribution in [2.45, 2.75) is 25.2 Å². The largest absolute Gasteiger partial charge is 0.355 e. The van der Waals surface area contributed by atoms with Gasteiger partial charge in [0, 0.05) is 18.9 Å². The molecule has 0 spiro atoms. The van der Waals surface area contributed by atoms with Crippen molar-refractivity contribution in [3.8, 4) is 0 Å². The van der Waals surface area contributed by atoms with Crippen LogP contribution in [0.25, 0.3) is 0 Å². The lowest BCUT2D eigenvalue weighted by Gasteiger charge is -2.14. The summed E-state index contributed by atoms with van der Waals surface area (Å²) in [5, 5.41) is 2.88. The van der Waals surface area contributed by atoms with Crippen molar-refractivity contribution in [1.29, 1.82) is 0 Å². The highest BCUT2D eigenvalue weighted by Gasteiger charge is 2.17. The van der Waals surface area contributed by atoms with Gasteiger partial charge in [-0.05, 0) is 30.5 Å². The van der Waals surface area contributed by atoms with Gasteiger partial charge < -0.3 is 5.32 Å². The fraction of sp³-hybridized carbons (Fsp3) is 0.417. The van der Waals surface area contributed by atoms with E-state index in [1.54, 1.807) is 12.1 Å². The molecule has 1 heterocycles. The Balaban J connectivity index is 2.09. The van der Waals surface area contributed by atoms with Crippen molar-refractivity contribution in [3.05, 3.63) is 35.6 Å². The highest BCUT2D eigenvalue weighted by atomic mass is 19.1. The standard InChI is InChI=1S/C12H14FNO/c13-11-6-4-9(5-7-11)10-2-1-3-12(15)14-8-10/h4-7,10H,1-3,8H2,(H,14,15)/t10-/m1/s1. The number of hydrogen-bond donors (Lipinski definition) is 1. The molecule has 2 nitrogen and oxygen atoms in total. The van der Waals surface area contributed by atoms with Crippen LogP contribution in [0.1, 0.15) is 30.7 Å². The summed E-state index contributed by atoms with van der Waals surface area (Å²) in [7, 11) is 0. The van der Waals surface area contributed by atoms with Crippen LogP contribution in [0.4, 0.5) is 4.39 Å². The molecule has 1 fully saturated rings. The summed E-state index contributed by atoms with van der Waals surface area (Å²) in [6, 6.07) is 6.55. The molecule has 1 atom stereocenters. The highest BCUT2D eigenvalue weighted by Crippen LogP contribution is 2.23. The molecule has 1 N–H and O–H groups in total. The van der Waals surface area contributed by atoms with E-state index < -0.39 is 0 Å². The quantitative estimate of drug-likeness (QED) is 0.751. The minimum absolute atomic E-state index is 0.125. The molecule has 1 saturated heterocycles. The number of hydrogen-bond acceptors (Lipinski definition) is 1. The maximum absolute atomic E-state index is 12.7. The monoisotopic (exact) mass is 207 g/mol. The van der Waals surface area contributed by atoms with Crippen molar-refractivity contribution >= 4 is 5.91 Å². The van der Waals surface area contributed by atoms with Crippen LogP contribution in [0.5, 0.6) is 0 Å². The third-order valence-electron chi connectivity index (χ3n) is 2.84. The molecule has 15 heavy (non-hydrogen) atoms. The highest BCUT2D eigenvalue weighted by molar-refractivity contribution is 5.76. The molecular weight excluding hydrogens is 193 g/mol. The summed E-state index contributed by atoms with van der Waals surface area (Å²) in [6.07, 6.45) is 2.51. The SMILES string of the molecule is O=C1CCC[C@@H](c2ccc(F)cc2)CN1. The van der Waals surface area contributed by atoms with E-state index in [0.29, 0.717) is 18.9 Å². The van der Waals surface area contributed by atoms with Gasteiger partial charge in [0.2, 0.25) is 5.91 Å². The zero-order chi connectivity index (χ0) is 10.7. The van der Waals surface area contributed by atoms with Gasteiger partial charge in [0.1, 0.15) is 5.82 Å². The molecule has 1 aromatic rings.